The van der Waals surface area contributed by atoms with Gasteiger partial charge in [-0.3, -0.25) is 19.5 Å². The average molecular weight is 388 g/mol. The monoisotopic (exact) mass is 388 g/mol. The second-order valence-corrected chi connectivity index (χ2v) is 7.24. The molecule has 1 heterocycles. The number of nitrogens with zero attached hydrogens (tertiary/aromatic N) is 2. The Labute approximate surface area is 147 Å². The van der Waals surface area contributed by atoms with Crippen molar-refractivity contribution >= 4 is 21.6 Å². The van der Waals surface area contributed by atoms with E-state index in [-0.39, 0.29) is 23.5 Å². The molecule has 2 rings (SSSR count). The van der Waals surface area contributed by atoms with Crippen LogP contribution in [0.1, 0.15) is 21.6 Å². The lowest BCUT2D eigenvalue weighted by Crippen LogP contribution is -2.31. The Morgan fingerprint density at radius 1 is 1.27 bits per heavy atom. The number of aromatic nitrogens is 1. The van der Waals surface area contributed by atoms with E-state index in [1.54, 1.807) is 0 Å². The van der Waals surface area contributed by atoms with Crippen LogP contribution in [-0.2, 0) is 22.7 Å². The van der Waals surface area contributed by atoms with E-state index in [2.05, 4.69) is 4.98 Å². The number of benzene rings is 1. The summed E-state index contributed by atoms with van der Waals surface area (Å²) in [6.45, 7) is -0.301. The van der Waals surface area contributed by atoms with Crippen molar-refractivity contribution < 1.29 is 26.4 Å². The van der Waals surface area contributed by atoms with E-state index in [1.165, 1.54) is 24.4 Å². The van der Waals surface area contributed by atoms with Crippen LogP contribution in [0.25, 0.3) is 0 Å². The number of anilines is 1. The van der Waals surface area contributed by atoms with Crippen LogP contribution >= 0.6 is 0 Å². The highest BCUT2D eigenvalue weighted by Gasteiger charge is 2.31. The largest absolute Gasteiger partial charge is 0.416 e. The lowest BCUT2D eigenvalue weighted by molar-refractivity contribution is -0.137. The van der Waals surface area contributed by atoms with Gasteiger partial charge in [0.15, 0.2) is 0 Å². The first-order valence-corrected chi connectivity index (χ1v) is 8.98. The third-order valence-electron chi connectivity index (χ3n) is 3.39. The van der Waals surface area contributed by atoms with Gasteiger partial charge in [0.05, 0.1) is 35.3 Å². The molecule has 0 saturated heterocycles. The molecule has 0 aliphatic carbocycles. The molecule has 1 aromatic heterocycles. The van der Waals surface area contributed by atoms with Crippen LogP contribution in [-0.4, -0.2) is 25.6 Å². The fourth-order valence-corrected chi connectivity index (χ4v) is 2.98. The van der Waals surface area contributed by atoms with E-state index in [0.29, 0.717) is 0 Å². The Morgan fingerprint density at radius 2 is 1.96 bits per heavy atom. The van der Waals surface area contributed by atoms with Gasteiger partial charge in [-0.15, -0.1) is 0 Å². The summed E-state index contributed by atoms with van der Waals surface area (Å²) in [6, 6.07) is 6.73. The maximum Gasteiger partial charge on any atom is 0.416 e. The molecule has 2 aromatic rings. The molecule has 1 amide bonds. The number of nitrogens with two attached hydrogens (primary N) is 1. The first-order chi connectivity index (χ1) is 12.0. The van der Waals surface area contributed by atoms with Crippen molar-refractivity contribution in [2.24, 2.45) is 5.84 Å². The molecule has 26 heavy (non-hydrogen) atoms. The fraction of sp³-hybridized carbons (Fsp3) is 0.200. The van der Waals surface area contributed by atoms with E-state index in [4.69, 9.17) is 5.84 Å². The zero-order valence-corrected chi connectivity index (χ0v) is 14.3. The second-order valence-electron chi connectivity index (χ2n) is 5.33. The predicted octanol–water partition coefficient (Wildman–Crippen LogP) is 1.67. The molecule has 0 radical (unpaired) electrons. The first-order valence-electron chi connectivity index (χ1n) is 7.13. The van der Waals surface area contributed by atoms with Crippen molar-refractivity contribution in [3.8, 4) is 0 Å². The minimum absolute atomic E-state index is 0.145. The summed E-state index contributed by atoms with van der Waals surface area (Å²) in [6.07, 6.45) is -2.54. The summed E-state index contributed by atoms with van der Waals surface area (Å²) < 4.78 is 63.5. The molecule has 7 nitrogen and oxygen atoms in total. The molecule has 0 spiro atoms. The number of rotatable bonds is 5. The fourth-order valence-electron chi connectivity index (χ4n) is 2.12. The minimum atomic E-state index is -4.60. The summed E-state index contributed by atoms with van der Waals surface area (Å²) in [5.74, 6) is 4.42. The van der Waals surface area contributed by atoms with Crippen molar-refractivity contribution in [1.29, 1.82) is 0 Å². The zero-order chi connectivity index (χ0) is 19.5. The topological polar surface area (TPSA) is 105 Å². The Kier molecular flexibility index (Phi) is 5.52. The Hall–Kier alpha value is -2.66. The van der Waals surface area contributed by atoms with Gasteiger partial charge in [-0.2, -0.15) is 13.2 Å². The number of halogens is 3. The second kappa shape index (κ2) is 7.30. The highest BCUT2D eigenvalue weighted by atomic mass is 32.2. The number of alkyl halides is 3. The van der Waals surface area contributed by atoms with Crippen molar-refractivity contribution in [3.05, 3.63) is 59.4 Å². The summed E-state index contributed by atoms with van der Waals surface area (Å²) in [4.78, 5) is 15.3. The zero-order valence-electron chi connectivity index (χ0n) is 13.5. The van der Waals surface area contributed by atoms with Gasteiger partial charge in [0.1, 0.15) is 0 Å². The number of sulfonamides is 1. The number of hydrogen-bond acceptors (Lipinski definition) is 5. The maximum absolute atomic E-state index is 12.9. The molecule has 0 aliphatic heterocycles. The van der Waals surface area contributed by atoms with Crippen LogP contribution in [0.5, 0.6) is 0 Å². The van der Waals surface area contributed by atoms with Crippen LogP contribution in [0, 0.1) is 0 Å². The molecular formula is C15H15F3N4O3S. The lowest BCUT2D eigenvalue weighted by Gasteiger charge is -2.23. The average Bonchev–Trinajstić information content (AvgIpc) is 2.58. The number of carbonyl (C=O) groups is 1. The van der Waals surface area contributed by atoms with Crippen LogP contribution < -0.4 is 15.6 Å². The Bertz CT molecular complexity index is 899. The van der Waals surface area contributed by atoms with Crippen molar-refractivity contribution in [2.45, 2.75) is 12.7 Å². The molecule has 0 atom stereocenters. The number of pyridine rings is 1. The number of nitrogens with one attached hydrogen (secondary N) is 1. The summed E-state index contributed by atoms with van der Waals surface area (Å²) >= 11 is 0. The molecule has 140 valence electrons. The van der Waals surface area contributed by atoms with Gasteiger partial charge < -0.3 is 0 Å². The van der Waals surface area contributed by atoms with Gasteiger partial charge in [-0.25, -0.2) is 14.3 Å². The van der Waals surface area contributed by atoms with Crippen molar-refractivity contribution in [3.63, 3.8) is 0 Å². The normalized spacial score (nSPS) is 11.9. The molecule has 11 heteroatoms. The van der Waals surface area contributed by atoms with Crippen LogP contribution in [0.2, 0.25) is 0 Å². The van der Waals surface area contributed by atoms with Gasteiger partial charge in [0.25, 0.3) is 5.91 Å². The van der Waals surface area contributed by atoms with Gasteiger partial charge >= 0.3 is 6.18 Å². The SMILES string of the molecule is CS(=O)(=O)N(Cc1ccc(C(=O)NN)cn1)c1cccc(C(F)(F)F)c1. The molecule has 3 N–H and O–H groups in total. The molecule has 0 bridgehead atoms. The quantitative estimate of drug-likeness (QED) is 0.461. The Balaban J connectivity index is 2.37. The summed E-state index contributed by atoms with van der Waals surface area (Å²) in [7, 11) is -3.88. The predicted molar refractivity (Wildman–Crippen MR) is 88.4 cm³/mol. The van der Waals surface area contributed by atoms with E-state index in [0.717, 1.165) is 28.8 Å². The van der Waals surface area contributed by atoms with Gasteiger partial charge in [0, 0.05) is 6.20 Å². The first kappa shape index (κ1) is 19.7. The highest BCUT2D eigenvalue weighted by molar-refractivity contribution is 7.92. The minimum Gasteiger partial charge on any atom is -0.290 e. The van der Waals surface area contributed by atoms with Crippen LogP contribution in [0.3, 0.4) is 0 Å². The lowest BCUT2D eigenvalue weighted by atomic mass is 10.2. The third-order valence-corrected chi connectivity index (χ3v) is 4.53. The highest BCUT2D eigenvalue weighted by Crippen LogP contribution is 2.32. The molecule has 0 fully saturated rings. The third kappa shape index (κ3) is 4.70. The van der Waals surface area contributed by atoms with Gasteiger partial charge in [0.2, 0.25) is 10.0 Å². The molecule has 0 saturated carbocycles. The number of nitrogen functional groups attached to an aromatic ring is 1. The number of amides is 1. The van der Waals surface area contributed by atoms with E-state index >= 15 is 0 Å². The standard InChI is InChI=1S/C15H15F3N4O3S/c1-26(24,25)22(13-4-2-3-11(7-13)15(16,17)18)9-12-6-5-10(8-20-12)14(23)21-19/h2-8H,9,19H2,1H3,(H,21,23). The number of carbonyl (C=O) groups excluding carboxylic acids is 1. The molecule has 1 aromatic carbocycles. The Morgan fingerprint density at radius 3 is 2.46 bits per heavy atom. The summed E-state index contributed by atoms with van der Waals surface area (Å²) in [5, 5.41) is 0. The number of hydrazine groups is 1. The van der Waals surface area contributed by atoms with E-state index < -0.39 is 27.7 Å². The van der Waals surface area contributed by atoms with Crippen molar-refractivity contribution in [2.75, 3.05) is 10.6 Å². The van der Waals surface area contributed by atoms with Gasteiger partial charge in [-0.1, -0.05) is 6.07 Å². The smallest absolute Gasteiger partial charge is 0.290 e. The van der Waals surface area contributed by atoms with Crippen molar-refractivity contribution in [1.82, 2.24) is 10.4 Å². The number of hydrogen-bond donors (Lipinski definition) is 2. The van der Waals surface area contributed by atoms with Gasteiger partial charge in [-0.05, 0) is 30.3 Å². The van der Waals surface area contributed by atoms with Crippen LogP contribution in [0.15, 0.2) is 42.6 Å². The summed E-state index contributed by atoms with van der Waals surface area (Å²) in [5.41, 5.74) is 1.20. The maximum atomic E-state index is 12.9. The molecular weight excluding hydrogens is 373 g/mol. The molecule has 0 unspecified atom stereocenters. The van der Waals surface area contributed by atoms with E-state index in [9.17, 15) is 26.4 Å². The van der Waals surface area contributed by atoms with Crippen LogP contribution in [0.4, 0.5) is 18.9 Å². The van der Waals surface area contributed by atoms with E-state index in [1.807, 2.05) is 5.43 Å². The molecule has 0 aliphatic rings.